The highest BCUT2D eigenvalue weighted by Gasteiger charge is 2.20. The van der Waals surface area contributed by atoms with Crippen LogP contribution < -0.4 is 4.74 Å². The first-order valence-corrected chi connectivity index (χ1v) is 6.64. The zero-order chi connectivity index (χ0) is 13.1. The fourth-order valence-corrected chi connectivity index (χ4v) is 2.74. The Morgan fingerprint density at radius 2 is 2.11 bits per heavy atom. The molecule has 1 aromatic heterocycles. The van der Waals surface area contributed by atoms with Crippen molar-refractivity contribution in [1.82, 2.24) is 4.90 Å². The van der Waals surface area contributed by atoms with Crippen LogP contribution in [-0.4, -0.2) is 41.6 Å². The van der Waals surface area contributed by atoms with Gasteiger partial charge in [0.15, 0.2) is 11.5 Å². The Labute approximate surface area is 109 Å². The lowest BCUT2D eigenvalue weighted by Gasteiger charge is -2.15. The van der Waals surface area contributed by atoms with Crippen molar-refractivity contribution in [2.75, 3.05) is 19.7 Å². The van der Waals surface area contributed by atoms with Crippen LogP contribution in [0.25, 0.3) is 0 Å². The van der Waals surface area contributed by atoms with Gasteiger partial charge in [-0.25, -0.2) is 4.79 Å². The molecule has 1 aliphatic rings. The van der Waals surface area contributed by atoms with Crippen LogP contribution in [0.2, 0.25) is 0 Å². The molecule has 1 N–H and O–H groups in total. The Hall–Kier alpha value is -1.56. The lowest BCUT2D eigenvalue weighted by atomic mass is 10.4. The standard InChI is InChI=1S/C12H15NO4S/c1-8-6-9(11(18-8)12(15)16)17-7-10(14)13-4-2-3-5-13/h6H,2-5,7H2,1H3,(H,15,16). The number of aromatic carboxylic acids is 1. The highest BCUT2D eigenvalue weighted by Crippen LogP contribution is 2.28. The molecule has 18 heavy (non-hydrogen) atoms. The summed E-state index contributed by atoms with van der Waals surface area (Å²) in [4.78, 5) is 25.5. The van der Waals surface area contributed by atoms with Gasteiger partial charge in [0.25, 0.3) is 5.91 Å². The number of hydrogen-bond acceptors (Lipinski definition) is 4. The van der Waals surface area contributed by atoms with Crippen LogP contribution in [0.1, 0.15) is 27.4 Å². The van der Waals surface area contributed by atoms with Gasteiger partial charge in [-0.1, -0.05) is 0 Å². The molecule has 6 heteroatoms. The minimum atomic E-state index is -1.02. The predicted octanol–water partition coefficient (Wildman–Crippen LogP) is 1.76. The summed E-state index contributed by atoms with van der Waals surface area (Å²) in [5.74, 6) is -0.804. The summed E-state index contributed by atoms with van der Waals surface area (Å²) >= 11 is 1.16. The Morgan fingerprint density at radius 1 is 1.44 bits per heavy atom. The lowest BCUT2D eigenvalue weighted by Crippen LogP contribution is -2.32. The second-order valence-electron chi connectivity index (χ2n) is 4.23. The fraction of sp³-hybridized carbons (Fsp3) is 0.500. The Kier molecular flexibility index (Phi) is 3.86. The molecule has 0 aliphatic carbocycles. The summed E-state index contributed by atoms with van der Waals surface area (Å²) in [6, 6.07) is 1.66. The van der Waals surface area contributed by atoms with Crippen molar-refractivity contribution < 1.29 is 19.4 Å². The molecular weight excluding hydrogens is 254 g/mol. The fourth-order valence-electron chi connectivity index (χ4n) is 1.94. The van der Waals surface area contributed by atoms with Crippen molar-refractivity contribution >= 4 is 23.2 Å². The molecular formula is C12H15NO4S. The molecule has 5 nitrogen and oxygen atoms in total. The number of thiophene rings is 1. The molecule has 1 aliphatic heterocycles. The van der Waals surface area contributed by atoms with Gasteiger partial charge in [0.2, 0.25) is 0 Å². The molecule has 0 aromatic carbocycles. The summed E-state index contributed by atoms with van der Waals surface area (Å²) in [5.41, 5.74) is 0. The van der Waals surface area contributed by atoms with E-state index in [-0.39, 0.29) is 23.1 Å². The van der Waals surface area contributed by atoms with Gasteiger partial charge in [-0.05, 0) is 25.8 Å². The zero-order valence-electron chi connectivity index (χ0n) is 10.1. The molecule has 0 spiro atoms. The van der Waals surface area contributed by atoms with Gasteiger partial charge >= 0.3 is 5.97 Å². The monoisotopic (exact) mass is 269 g/mol. The summed E-state index contributed by atoms with van der Waals surface area (Å²) < 4.78 is 5.33. The van der Waals surface area contributed by atoms with E-state index in [1.54, 1.807) is 11.0 Å². The van der Waals surface area contributed by atoms with Gasteiger partial charge < -0.3 is 14.7 Å². The number of carboxylic acid groups (broad SMARTS) is 1. The minimum Gasteiger partial charge on any atom is -0.482 e. The SMILES string of the molecule is Cc1cc(OCC(=O)N2CCCC2)c(C(=O)O)s1. The third-order valence-corrected chi connectivity index (χ3v) is 3.85. The highest BCUT2D eigenvalue weighted by molar-refractivity contribution is 7.14. The van der Waals surface area contributed by atoms with Gasteiger partial charge in [0, 0.05) is 18.0 Å². The van der Waals surface area contributed by atoms with E-state index in [0.717, 1.165) is 42.1 Å². The number of nitrogens with zero attached hydrogens (tertiary/aromatic N) is 1. The van der Waals surface area contributed by atoms with Gasteiger partial charge in [-0.15, -0.1) is 11.3 Å². The average Bonchev–Trinajstić information content (AvgIpc) is 2.94. The van der Waals surface area contributed by atoms with E-state index in [9.17, 15) is 9.59 Å². The van der Waals surface area contributed by atoms with Crippen molar-refractivity contribution in [2.24, 2.45) is 0 Å². The molecule has 0 radical (unpaired) electrons. The number of hydrogen-bond donors (Lipinski definition) is 1. The molecule has 2 rings (SSSR count). The summed E-state index contributed by atoms with van der Waals surface area (Å²) in [6.07, 6.45) is 2.06. The van der Waals surface area contributed by atoms with E-state index in [1.165, 1.54) is 0 Å². The number of ether oxygens (including phenoxy) is 1. The molecule has 0 saturated carbocycles. The molecule has 98 valence electrons. The second kappa shape index (κ2) is 5.39. The molecule has 0 atom stereocenters. The third-order valence-electron chi connectivity index (χ3n) is 2.83. The number of carboxylic acids is 1. The average molecular weight is 269 g/mol. The van der Waals surface area contributed by atoms with Gasteiger partial charge in [-0.2, -0.15) is 0 Å². The maximum Gasteiger partial charge on any atom is 0.349 e. The number of likely N-dealkylation sites (tertiary alicyclic amines) is 1. The van der Waals surface area contributed by atoms with Crippen LogP contribution >= 0.6 is 11.3 Å². The van der Waals surface area contributed by atoms with E-state index < -0.39 is 5.97 Å². The Bertz CT molecular complexity index is 463. The lowest BCUT2D eigenvalue weighted by molar-refractivity contribution is -0.132. The normalized spacial score (nSPS) is 14.8. The van der Waals surface area contributed by atoms with Crippen LogP contribution in [0.15, 0.2) is 6.07 Å². The van der Waals surface area contributed by atoms with Crippen molar-refractivity contribution in [3.05, 3.63) is 15.8 Å². The largest absolute Gasteiger partial charge is 0.482 e. The van der Waals surface area contributed by atoms with Crippen LogP contribution in [0.5, 0.6) is 5.75 Å². The predicted molar refractivity (Wildman–Crippen MR) is 67.3 cm³/mol. The first kappa shape index (κ1) is 12.9. The molecule has 1 amide bonds. The number of rotatable bonds is 4. The zero-order valence-corrected chi connectivity index (χ0v) is 11.0. The smallest absolute Gasteiger partial charge is 0.349 e. The van der Waals surface area contributed by atoms with Crippen molar-refractivity contribution in [1.29, 1.82) is 0 Å². The van der Waals surface area contributed by atoms with E-state index in [4.69, 9.17) is 9.84 Å². The van der Waals surface area contributed by atoms with Crippen molar-refractivity contribution in [2.45, 2.75) is 19.8 Å². The number of carbonyl (C=O) groups excluding carboxylic acids is 1. The van der Waals surface area contributed by atoms with Crippen molar-refractivity contribution in [3.63, 3.8) is 0 Å². The molecule has 0 unspecified atom stereocenters. The number of amides is 1. The van der Waals surface area contributed by atoms with E-state index >= 15 is 0 Å². The Balaban J connectivity index is 1.97. The summed E-state index contributed by atoms with van der Waals surface area (Å²) in [6.45, 7) is 3.27. The molecule has 1 saturated heterocycles. The molecule has 0 bridgehead atoms. The summed E-state index contributed by atoms with van der Waals surface area (Å²) in [5, 5.41) is 8.99. The first-order valence-electron chi connectivity index (χ1n) is 5.82. The maximum atomic E-state index is 11.8. The molecule has 2 heterocycles. The Morgan fingerprint density at radius 3 is 2.72 bits per heavy atom. The number of aryl methyl sites for hydroxylation is 1. The van der Waals surface area contributed by atoms with E-state index in [2.05, 4.69) is 0 Å². The van der Waals surface area contributed by atoms with Crippen LogP contribution in [0.3, 0.4) is 0 Å². The quantitative estimate of drug-likeness (QED) is 0.904. The topological polar surface area (TPSA) is 66.8 Å². The maximum absolute atomic E-state index is 11.8. The van der Waals surface area contributed by atoms with Crippen molar-refractivity contribution in [3.8, 4) is 5.75 Å². The van der Waals surface area contributed by atoms with E-state index in [1.807, 2.05) is 6.92 Å². The van der Waals surface area contributed by atoms with Crippen LogP contribution in [0, 0.1) is 6.92 Å². The highest BCUT2D eigenvalue weighted by atomic mass is 32.1. The molecule has 1 aromatic rings. The van der Waals surface area contributed by atoms with Crippen LogP contribution in [-0.2, 0) is 4.79 Å². The van der Waals surface area contributed by atoms with E-state index in [0.29, 0.717) is 0 Å². The molecule has 1 fully saturated rings. The van der Waals surface area contributed by atoms with Gasteiger partial charge in [-0.3, -0.25) is 4.79 Å². The summed E-state index contributed by atoms with van der Waals surface area (Å²) in [7, 11) is 0. The second-order valence-corrected chi connectivity index (χ2v) is 5.49. The van der Waals surface area contributed by atoms with Gasteiger partial charge in [0.05, 0.1) is 0 Å². The van der Waals surface area contributed by atoms with Crippen LogP contribution in [0.4, 0.5) is 0 Å². The third kappa shape index (κ3) is 2.81. The van der Waals surface area contributed by atoms with Gasteiger partial charge in [0.1, 0.15) is 5.75 Å². The minimum absolute atomic E-state index is 0.0762. The first-order chi connectivity index (χ1) is 8.58. The number of carbonyl (C=O) groups is 2.